The van der Waals surface area contributed by atoms with Crippen LogP contribution < -0.4 is 5.73 Å². The Labute approximate surface area is 83.4 Å². The minimum Gasteiger partial charge on any atom is -0.366 e. The Balaban J connectivity index is 2.93. The molecule has 74 valence electrons. The number of amides is 1. The van der Waals surface area contributed by atoms with Crippen molar-refractivity contribution in [2.24, 2.45) is 5.73 Å². The van der Waals surface area contributed by atoms with Gasteiger partial charge in [-0.3, -0.25) is 4.79 Å². The number of hydrogen-bond donors (Lipinski definition) is 2. The van der Waals surface area contributed by atoms with Crippen LogP contribution in [-0.2, 0) is 0 Å². The molecule has 0 radical (unpaired) electrons. The SMILES string of the molecule is CCCC(=N)c1cccc(C(N)=O)c1. The van der Waals surface area contributed by atoms with Crippen molar-refractivity contribution >= 4 is 11.6 Å². The molecule has 1 rings (SSSR count). The smallest absolute Gasteiger partial charge is 0.248 e. The molecule has 14 heavy (non-hydrogen) atoms. The van der Waals surface area contributed by atoms with Gasteiger partial charge in [-0.2, -0.15) is 0 Å². The molecule has 1 aromatic carbocycles. The molecule has 0 atom stereocenters. The van der Waals surface area contributed by atoms with E-state index in [0.29, 0.717) is 11.3 Å². The number of nitrogens with two attached hydrogens (primary N) is 1. The van der Waals surface area contributed by atoms with Crippen LogP contribution in [0.3, 0.4) is 0 Å². The molecule has 0 saturated carbocycles. The Hall–Kier alpha value is -1.64. The van der Waals surface area contributed by atoms with Gasteiger partial charge in [-0.1, -0.05) is 25.5 Å². The molecule has 0 heterocycles. The van der Waals surface area contributed by atoms with Gasteiger partial charge in [-0.25, -0.2) is 0 Å². The third kappa shape index (κ3) is 2.42. The van der Waals surface area contributed by atoms with Crippen LogP contribution in [0.1, 0.15) is 35.7 Å². The fraction of sp³-hybridized carbons (Fsp3) is 0.273. The summed E-state index contributed by atoms with van der Waals surface area (Å²) in [5.74, 6) is -0.448. The zero-order chi connectivity index (χ0) is 10.6. The summed E-state index contributed by atoms with van der Waals surface area (Å²) in [4.78, 5) is 10.9. The van der Waals surface area contributed by atoms with Crippen molar-refractivity contribution in [1.82, 2.24) is 0 Å². The topological polar surface area (TPSA) is 66.9 Å². The van der Waals surface area contributed by atoms with Crippen LogP contribution in [0.25, 0.3) is 0 Å². The minimum absolute atomic E-state index is 0.448. The van der Waals surface area contributed by atoms with Crippen molar-refractivity contribution in [2.75, 3.05) is 0 Å². The zero-order valence-electron chi connectivity index (χ0n) is 8.21. The molecule has 1 amide bonds. The third-order valence-electron chi connectivity index (χ3n) is 2.00. The molecule has 0 saturated heterocycles. The average Bonchev–Trinajstić information content (AvgIpc) is 2.18. The first-order valence-corrected chi connectivity index (χ1v) is 4.62. The summed E-state index contributed by atoms with van der Waals surface area (Å²) in [5, 5.41) is 7.72. The number of carbonyl (C=O) groups is 1. The zero-order valence-corrected chi connectivity index (χ0v) is 8.21. The number of nitrogens with one attached hydrogen (secondary N) is 1. The van der Waals surface area contributed by atoms with E-state index in [4.69, 9.17) is 11.1 Å². The van der Waals surface area contributed by atoms with Gasteiger partial charge in [0, 0.05) is 11.3 Å². The quantitative estimate of drug-likeness (QED) is 0.700. The highest BCUT2D eigenvalue weighted by molar-refractivity contribution is 6.01. The molecule has 3 N–H and O–H groups in total. The Bertz CT molecular complexity index is 358. The highest BCUT2D eigenvalue weighted by Crippen LogP contribution is 2.08. The molecule has 1 aromatic rings. The largest absolute Gasteiger partial charge is 0.366 e. The highest BCUT2D eigenvalue weighted by atomic mass is 16.1. The molecule has 3 heteroatoms. The second-order valence-electron chi connectivity index (χ2n) is 3.17. The maximum Gasteiger partial charge on any atom is 0.248 e. The first kappa shape index (κ1) is 10.4. The van der Waals surface area contributed by atoms with E-state index in [9.17, 15) is 4.79 Å². The van der Waals surface area contributed by atoms with Crippen molar-refractivity contribution < 1.29 is 4.79 Å². The molecule has 3 nitrogen and oxygen atoms in total. The minimum atomic E-state index is -0.448. The van der Waals surface area contributed by atoms with Gasteiger partial charge >= 0.3 is 0 Å². The highest BCUT2D eigenvalue weighted by Gasteiger charge is 2.04. The molecule has 0 bridgehead atoms. The molecule has 0 aliphatic rings. The lowest BCUT2D eigenvalue weighted by molar-refractivity contribution is 0.100. The standard InChI is InChI=1S/C11H14N2O/c1-2-4-10(12)8-5-3-6-9(7-8)11(13)14/h3,5-7,12H,2,4H2,1H3,(H2,13,14). The first-order chi connectivity index (χ1) is 6.65. The number of hydrogen-bond acceptors (Lipinski definition) is 2. The van der Waals surface area contributed by atoms with Crippen molar-refractivity contribution in [3.05, 3.63) is 35.4 Å². The molecule has 0 unspecified atom stereocenters. The second kappa shape index (κ2) is 4.56. The Morgan fingerprint density at radius 3 is 2.64 bits per heavy atom. The lowest BCUT2D eigenvalue weighted by atomic mass is 10.0. The predicted molar refractivity (Wildman–Crippen MR) is 56.7 cm³/mol. The summed E-state index contributed by atoms with van der Waals surface area (Å²) in [5.41, 5.74) is 6.94. The van der Waals surface area contributed by atoms with Gasteiger partial charge in [-0.05, 0) is 24.1 Å². The van der Waals surface area contributed by atoms with E-state index in [2.05, 4.69) is 0 Å². The lowest BCUT2D eigenvalue weighted by Gasteiger charge is -2.03. The van der Waals surface area contributed by atoms with Gasteiger partial charge in [0.25, 0.3) is 0 Å². The summed E-state index contributed by atoms with van der Waals surface area (Å²) >= 11 is 0. The molecule has 0 fully saturated rings. The van der Waals surface area contributed by atoms with Gasteiger partial charge in [0.2, 0.25) is 5.91 Å². The van der Waals surface area contributed by atoms with Crippen molar-refractivity contribution in [2.45, 2.75) is 19.8 Å². The van der Waals surface area contributed by atoms with Crippen LogP contribution in [0.2, 0.25) is 0 Å². The van der Waals surface area contributed by atoms with Crippen LogP contribution in [0, 0.1) is 5.41 Å². The molecular formula is C11H14N2O. The van der Waals surface area contributed by atoms with Crippen LogP contribution in [-0.4, -0.2) is 11.6 Å². The molecule has 0 aliphatic carbocycles. The molecule has 0 aliphatic heterocycles. The molecule has 0 aromatic heterocycles. The summed E-state index contributed by atoms with van der Waals surface area (Å²) in [6.07, 6.45) is 1.65. The summed E-state index contributed by atoms with van der Waals surface area (Å²) < 4.78 is 0. The van der Waals surface area contributed by atoms with Crippen LogP contribution in [0.5, 0.6) is 0 Å². The maximum atomic E-state index is 10.9. The predicted octanol–water partition coefficient (Wildman–Crippen LogP) is 1.95. The number of carbonyl (C=O) groups excluding carboxylic acids is 1. The van der Waals surface area contributed by atoms with Gasteiger partial charge in [0.1, 0.15) is 0 Å². The van der Waals surface area contributed by atoms with Crippen LogP contribution >= 0.6 is 0 Å². The average molecular weight is 190 g/mol. The normalized spacial score (nSPS) is 9.79. The third-order valence-corrected chi connectivity index (χ3v) is 2.00. The lowest BCUT2D eigenvalue weighted by Crippen LogP contribution is -2.11. The Morgan fingerprint density at radius 1 is 1.43 bits per heavy atom. The first-order valence-electron chi connectivity index (χ1n) is 4.62. The van der Waals surface area contributed by atoms with Gasteiger partial charge in [-0.15, -0.1) is 0 Å². The molecular weight excluding hydrogens is 176 g/mol. The summed E-state index contributed by atoms with van der Waals surface area (Å²) in [6.45, 7) is 2.02. The maximum absolute atomic E-state index is 10.9. The van der Waals surface area contributed by atoms with E-state index in [1.54, 1.807) is 18.2 Å². The van der Waals surface area contributed by atoms with E-state index in [-0.39, 0.29) is 0 Å². The van der Waals surface area contributed by atoms with E-state index < -0.39 is 5.91 Å². The summed E-state index contributed by atoms with van der Waals surface area (Å²) in [7, 11) is 0. The number of primary amides is 1. The van der Waals surface area contributed by atoms with Crippen LogP contribution in [0.4, 0.5) is 0 Å². The van der Waals surface area contributed by atoms with E-state index >= 15 is 0 Å². The van der Waals surface area contributed by atoms with E-state index in [1.165, 1.54) is 0 Å². The van der Waals surface area contributed by atoms with Crippen molar-refractivity contribution in [3.8, 4) is 0 Å². The fourth-order valence-electron chi connectivity index (χ4n) is 1.25. The fourth-order valence-corrected chi connectivity index (χ4v) is 1.25. The Morgan fingerprint density at radius 2 is 2.07 bits per heavy atom. The van der Waals surface area contributed by atoms with Gasteiger partial charge in [0.05, 0.1) is 0 Å². The van der Waals surface area contributed by atoms with E-state index in [1.807, 2.05) is 13.0 Å². The monoisotopic (exact) mass is 190 g/mol. The van der Waals surface area contributed by atoms with Gasteiger partial charge in [0.15, 0.2) is 0 Å². The second-order valence-corrected chi connectivity index (χ2v) is 3.17. The summed E-state index contributed by atoms with van der Waals surface area (Å²) in [6, 6.07) is 6.90. The molecule has 0 spiro atoms. The Kier molecular flexibility index (Phi) is 3.40. The number of rotatable bonds is 4. The van der Waals surface area contributed by atoms with Crippen molar-refractivity contribution in [1.29, 1.82) is 5.41 Å². The van der Waals surface area contributed by atoms with E-state index in [0.717, 1.165) is 18.4 Å². The van der Waals surface area contributed by atoms with Crippen molar-refractivity contribution in [3.63, 3.8) is 0 Å². The van der Waals surface area contributed by atoms with Gasteiger partial charge < -0.3 is 11.1 Å². The number of benzene rings is 1. The van der Waals surface area contributed by atoms with Crippen LogP contribution in [0.15, 0.2) is 24.3 Å².